The molecule has 0 unspecified atom stereocenters. The summed E-state index contributed by atoms with van der Waals surface area (Å²) >= 11 is 0. The van der Waals surface area contributed by atoms with E-state index in [1.807, 2.05) is 12.1 Å². The van der Waals surface area contributed by atoms with Crippen LogP contribution >= 0.6 is 0 Å². The Morgan fingerprint density at radius 1 is 1.00 bits per heavy atom. The van der Waals surface area contributed by atoms with Crippen LogP contribution in [0.2, 0.25) is 0 Å². The minimum atomic E-state index is -3.14. The molecule has 0 spiro atoms. The van der Waals surface area contributed by atoms with Gasteiger partial charge in [0.05, 0.1) is 4.90 Å². The first-order valence-corrected chi connectivity index (χ1v) is 9.96. The molecule has 0 saturated carbocycles. The van der Waals surface area contributed by atoms with Crippen LogP contribution in [0.5, 0.6) is 0 Å². The normalized spacial score (nSPS) is 16.4. The highest BCUT2D eigenvalue weighted by atomic mass is 32.2. The molecule has 2 aromatic rings. The maximum absolute atomic E-state index is 11.6. The highest BCUT2D eigenvalue weighted by Gasteiger charge is 2.16. The lowest BCUT2D eigenvalue weighted by Crippen LogP contribution is -2.26. The van der Waals surface area contributed by atoms with Gasteiger partial charge in [-0.05, 0) is 73.2 Å². The highest BCUT2D eigenvalue weighted by Crippen LogP contribution is 2.31. The van der Waals surface area contributed by atoms with E-state index in [2.05, 4.69) is 30.4 Å². The molecule has 0 radical (unpaired) electrons. The summed E-state index contributed by atoms with van der Waals surface area (Å²) in [6.07, 6.45) is 3.63. The standard InChI is InChI=1S/C19H23NO2S/c1-14-13-17(15-9-11-20-12-10-15)5-8-19(14)16-3-6-18(7-4-16)23(2,21)22/h3-8,13,15,20H,9-12H2,1-2H3. The molecule has 0 atom stereocenters. The SMILES string of the molecule is Cc1cc(C2CCNCC2)ccc1-c1ccc(S(C)(=O)=O)cc1. The van der Waals surface area contributed by atoms with Gasteiger partial charge in [-0.3, -0.25) is 0 Å². The molecule has 0 bridgehead atoms. The molecular weight excluding hydrogens is 306 g/mol. The van der Waals surface area contributed by atoms with Crippen LogP contribution in [0.25, 0.3) is 11.1 Å². The Balaban J connectivity index is 1.88. The largest absolute Gasteiger partial charge is 0.317 e. The van der Waals surface area contributed by atoms with Crippen LogP contribution in [0.3, 0.4) is 0 Å². The van der Waals surface area contributed by atoms with E-state index in [-0.39, 0.29) is 0 Å². The van der Waals surface area contributed by atoms with Crippen molar-refractivity contribution in [3.05, 3.63) is 53.6 Å². The number of rotatable bonds is 3. The lowest BCUT2D eigenvalue weighted by Gasteiger charge is -2.23. The predicted molar refractivity (Wildman–Crippen MR) is 94.6 cm³/mol. The molecule has 1 saturated heterocycles. The summed E-state index contributed by atoms with van der Waals surface area (Å²) in [5, 5.41) is 3.40. The molecular formula is C19H23NO2S. The summed E-state index contributed by atoms with van der Waals surface area (Å²) in [6, 6.07) is 13.8. The number of piperidine rings is 1. The van der Waals surface area contributed by atoms with Gasteiger partial charge in [-0.15, -0.1) is 0 Å². The summed E-state index contributed by atoms with van der Waals surface area (Å²) < 4.78 is 23.1. The molecule has 1 heterocycles. The van der Waals surface area contributed by atoms with Crippen LogP contribution in [-0.2, 0) is 9.84 Å². The number of aryl methyl sites for hydroxylation is 1. The van der Waals surface area contributed by atoms with Crippen LogP contribution in [0.4, 0.5) is 0 Å². The van der Waals surface area contributed by atoms with E-state index >= 15 is 0 Å². The molecule has 0 aliphatic carbocycles. The minimum absolute atomic E-state index is 0.366. The summed E-state index contributed by atoms with van der Waals surface area (Å²) in [4.78, 5) is 0.366. The van der Waals surface area contributed by atoms with Gasteiger partial charge < -0.3 is 5.32 Å². The van der Waals surface area contributed by atoms with Crippen molar-refractivity contribution in [2.45, 2.75) is 30.6 Å². The molecule has 4 heteroatoms. The van der Waals surface area contributed by atoms with Crippen LogP contribution in [0.1, 0.15) is 29.9 Å². The van der Waals surface area contributed by atoms with Crippen LogP contribution in [0.15, 0.2) is 47.4 Å². The van der Waals surface area contributed by atoms with Crippen molar-refractivity contribution in [3.8, 4) is 11.1 Å². The molecule has 122 valence electrons. The summed E-state index contributed by atoms with van der Waals surface area (Å²) in [6.45, 7) is 4.32. The smallest absolute Gasteiger partial charge is 0.175 e. The first-order chi connectivity index (χ1) is 10.9. The third-order valence-electron chi connectivity index (χ3n) is 4.65. The van der Waals surface area contributed by atoms with Crippen molar-refractivity contribution in [2.75, 3.05) is 19.3 Å². The fourth-order valence-corrected chi connectivity index (χ4v) is 3.93. The van der Waals surface area contributed by atoms with E-state index in [1.165, 1.54) is 35.8 Å². The van der Waals surface area contributed by atoms with Crippen molar-refractivity contribution < 1.29 is 8.42 Å². The van der Waals surface area contributed by atoms with Gasteiger partial charge in [-0.1, -0.05) is 30.3 Å². The minimum Gasteiger partial charge on any atom is -0.317 e. The number of sulfone groups is 1. The van der Waals surface area contributed by atoms with E-state index in [4.69, 9.17) is 0 Å². The van der Waals surface area contributed by atoms with Gasteiger partial charge in [0.2, 0.25) is 0 Å². The predicted octanol–water partition coefficient (Wildman–Crippen LogP) is 3.53. The monoisotopic (exact) mass is 329 g/mol. The molecule has 1 aliphatic heterocycles. The third kappa shape index (κ3) is 3.65. The van der Waals surface area contributed by atoms with Crippen LogP contribution < -0.4 is 5.32 Å². The van der Waals surface area contributed by atoms with Crippen molar-refractivity contribution >= 4 is 9.84 Å². The zero-order chi connectivity index (χ0) is 16.4. The van der Waals surface area contributed by atoms with Gasteiger partial charge in [0.25, 0.3) is 0 Å². The maximum Gasteiger partial charge on any atom is 0.175 e. The van der Waals surface area contributed by atoms with E-state index < -0.39 is 9.84 Å². The zero-order valence-corrected chi connectivity index (χ0v) is 14.5. The Labute approximate surface area is 138 Å². The Morgan fingerprint density at radius 3 is 2.22 bits per heavy atom. The van der Waals surface area contributed by atoms with Crippen molar-refractivity contribution in [2.24, 2.45) is 0 Å². The molecule has 23 heavy (non-hydrogen) atoms. The number of benzene rings is 2. The van der Waals surface area contributed by atoms with E-state index in [0.717, 1.165) is 18.7 Å². The van der Waals surface area contributed by atoms with Crippen LogP contribution in [0, 0.1) is 6.92 Å². The molecule has 1 N–H and O–H groups in total. The third-order valence-corrected chi connectivity index (χ3v) is 5.78. The second kappa shape index (κ2) is 6.46. The summed E-state index contributed by atoms with van der Waals surface area (Å²) in [5.74, 6) is 0.650. The number of nitrogens with one attached hydrogen (secondary N) is 1. The molecule has 1 aliphatic rings. The quantitative estimate of drug-likeness (QED) is 0.937. The average molecular weight is 329 g/mol. The Morgan fingerprint density at radius 2 is 1.65 bits per heavy atom. The van der Waals surface area contributed by atoms with Gasteiger partial charge in [0, 0.05) is 6.26 Å². The van der Waals surface area contributed by atoms with Gasteiger partial charge in [0.1, 0.15) is 0 Å². The first kappa shape index (κ1) is 16.2. The van der Waals surface area contributed by atoms with Gasteiger partial charge >= 0.3 is 0 Å². The Kier molecular flexibility index (Phi) is 4.55. The molecule has 1 fully saturated rings. The lowest BCUT2D eigenvalue weighted by molar-refractivity contribution is 0.460. The zero-order valence-electron chi connectivity index (χ0n) is 13.7. The molecule has 3 rings (SSSR count). The van der Waals surface area contributed by atoms with Gasteiger partial charge in [0.15, 0.2) is 9.84 Å². The topological polar surface area (TPSA) is 46.2 Å². The summed E-state index contributed by atoms with van der Waals surface area (Å²) in [5.41, 5.74) is 4.89. The van der Waals surface area contributed by atoms with Crippen molar-refractivity contribution in [1.29, 1.82) is 0 Å². The Hall–Kier alpha value is -1.65. The molecule has 3 nitrogen and oxygen atoms in total. The summed E-state index contributed by atoms with van der Waals surface area (Å²) in [7, 11) is -3.14. The van der Waals surface area contributed by atoms with Crippen molar-refractivity contribution in [1.82, 2.24) is 5.32 Å². The molecule has 0 amide bonds. The average Bonchev–Trinajstić information content (AvgIpc) is 2.55. The van der Waals surface area contributed by atoms with Gasteiger partial charge in [-0.25, -0.2) is 8.42 Å². The lowest BCUT2D eigenvalue weighted by atomic mass is 9.87. The first-order valence-electron chi connectivity index (χ1n) is 8.07. The van der Waals surface area contributed by atoms with E-state index in [0.29, 0.717) is 10.8 Å². The molecule has 0 aromatic heterocycles. The Bertz CT molecular complexity index is 789. The number of hydrogen-bond donors (Lipinski definition) is 1. The maximum atomic E-state index is 11.6. The second-order valence-corrected chi connectivity index (χ2v) is 8.41. The fourth-order valence-electron chi connectivity index (χ4n) is 3.30. The fraction of sp³-hybridized carbons (Fsp3) is 0.368. The van der Waals surface area contributed by atoms with Gasteiger partial charge in [-0.2, -0.15) is 0 Å². The molecule has 2 aromatic carbocycles. The number of hydrogen-bond acceptors (Lipinski definition) is 3. The van der Waals surface area contributed by atoms with Crippen molar-refractivity contribution in [3.63, 3.8) is 0 Å². The van der Waals surface area contributed by atoms with Crippen LogP contribution in [-0.4, -0.2) is 27.8 Å². The second-order valence-electron chi connectivity index (χ2n) is 6.40. The van der Waals surface area contributed by atoms with E-state index in [9.17, 15) is 8.42 Å². The highest BCUT2D eigenvalue weighted by molar-refractivity contribution is 7.90. The van der Waals surface area contributed by atoms with E-state index in [1.54, 1.807) is 12.1 Å².